The van der Waals surface area contributed by atoms with Gasteiger partial charge in [-0.25, -0.2) is 13.1 Å². The number of H-pyrrole nitrogens is 1. The molecule has 0 bridgehead atoms. The van der Waals surface area contributed by atoms with Crippen molar-refractivity contribution < 1.29 is 8.42 Å². The van der Waals surface area contributed by atoms with Gasteiger partial charge in [0.25, 0.3) is 10.0 Å². The molecule has 2 heterocycles. The predicted octanol–water partition coefficient (Wildman–Crippen LogP) is 1.40. The molecule has 0 unspecified atom stereocenters. The summed E-state index contributed by atoms with van der Waals surface area (Å²) in [7, 11) is -3.63. The first-order valence-corrected chi connectivity index (χ1v) is 7.25. The molecule has 0 atom stereocenters. The van der Waals surface area contributed by atoms with E-state index in [1.165, 1.54) is 12.4 Å². The van der Waals surface area contributed by atoms with Gasteiger partial charge in [-0.2, -0.15) is 10.2 Å². The second-order valence-electron chi connectivity index (χ2n) is 4.04. The zero-order chi connectivity index (χ0) is 14.0. The summed E-state index contributed by atoms with van der Waals surface area (Å²) in [6.07, 6.45) is 6.01. The number of aromatic amines is 1. The maximum Gasteiger partial charge on any atom is 0.265 e. The Balaban J connectivity index is 1.91. The molecule has 0 radical (unpaired) electrons. The van der Waals surface area contributed by atoms with Crippen molar-refractivity contribution in [2.24, 2.45) is 0 Å². The minimum atomic E-state index is -3.63. The molecule has 20 heavy (non-hydrogen) atoms. The Bertz CT molecular complexity index is 794. The average molecular weight is 289 g/mol. The molecular weight excluding hydrogens is 278 g/mol. The largest absolute Gasteiger partial charge is 0.284 e. The highest BCUT2D eigenvalue weighted by Crippen LogP contribution is 2.18. The Kier molecular flexibility index (Phi) is 2.99. The number of nitrogens with one attached hydrogen (secondary N) is 2. The molecule has 7 nitrogen and oxygen atoms in total. The normalized spacial score (nSPS) is 11.4. The summed E-state index contributed by atoms with van der Waals surface area (Å²) >= 11 is 0. The Morgan fingerprint density at radius 3 is 2.85 bits per heavy atom. The van der Waals surface area contributed by atoms with Gasteiger partial charge in [0.05, 0.1) is 17.6 Å². The molecule has 3 aromatic rings. The van der Waals surface area contributed by atoms with Gasteiger partial charge < -0.3 is 0 Å². The van der Waals surface area contributed by atoms with Crippen LogP contribution >= 0.6 is 0 Å². The van der Waals surface area contributed by atoms with Crippen LogP contribution in [0.2, 0.25) is 0 Å². The molecule has 0 fully saturated rings. The molecule has 0 spiro atoms. The first-order valence-electron chi connectivity index (χ1n) is 5.77. The topological polar surface area (TPSA) is 92.7 Å². The fourth-order valence-corrected chi connectivity index (χ4v) is 2.69. The molecule has 0 aliphatic heterocycles. The summed E-state index contributed by atoms with van der Waals surface area (Å²) in [6.45, 7) is 0. The standard InChI is InChI=1S/C12H11N5O2S/c18-20(19,12-8-13-14-9-12)16-10-3-1-4-11(7-10)17-6-2-5-15-17/h1-9,16H,(H,13,14). The van der Waals surface area contributed by atoms with Crippen LogP contribution in [-0.2, 0) is 10.0 Å². The van der Waals surface area contributed by atoms with Crippen LogP contribution in [0.15, 0.2) is 60.0 Å². The maximum atomic E-state index is 12.1. The summed E-state index contributed by atoms with van der Waals surface area (Å²) < 4.78 is 28.3. The highest BCUT2D eigenvalue weighted by molar-refractivity contribution is 7.92. The van der Waals surface area contributed by atoms with E-state index in [2.05, 4.69) is 20.0 Å². The fraction of sp³-hybridized carbons (Fsp3) is 0. The Labute approximate surface area is 115 Å². The van der Waals surface area contributed by atoms with Gasteiger partial charge in [-0.3, -0.25) is 9.82 Å². The van der Waals surface area contributed by atoms with Crippen LogP contribution in [-0.4, -0.2) is 28.4 Å². The number of hydrogen-bond acceptors (Lipinski definition) is 4. The van der Waals surface area contributed by atoms with E-state index in [1.807, 2.05) is 6.07 Å². The zero-order valence-corrected chi connectivity index (χ0v) is 11.1. The van der Waals surface area contributed by atoms with Crippen molar-refractivity contribution in [2.45, 2.75) is 4.90 Å². The molecule has 0 aliphatic carbocycles. The lowest BCUT2D eigenvalue weighted by Gasteiger charge is -2.08. The van der Waals surface area contributed by atoms with Gasteiger partial charge in [-0.15, -0.1) is 0 Å². The highest BCUT2D eigenvalue weighted by Gasteiger charge is 2.15. The smallest absolute Gasteiger partial charge is 0.265 e. The monoisotopic (exact) mass is 289 g/mol. The summed E-state index contributed by atoms with van der Waals surface area (Å²) in [5, 5.41) is 10.2. The van der Waals surface area contributed by atoms with Gasteiger partial charge in [-0.05, 0) is 24.3 Å². The van der Waals surface area contributed by atoms with Gasteiger partial charge in [0, 0.05) is 18.6 Å². The third kappa shape index (κ3) is 2.41. The summed E-state index contributed by atoms with van der Waals surface area (Å²) in [6, 6.07) is 8.75. The van der Waals surface area contributed by atoms with Crippen LogP contribution in [0.5, 0.6) is 0 Å². The number of benzene rings is 1. The van der Waals surface area contributed by atoms with Crippen molar-refractivity contribution in [2.75, 3.05) is 4.72 Å². The number of rotatable bonds is 4. The minimum Gasteiger partial charge on any atom is -0.284 e. The minimum absolute atomic E-state index is 0.0852. The molecule has 102 valence electrons. The molecule has 0 amide bonds. The van der Waals surface area contributed by atoms with Gasteiger partial charge >= 0.3 is 0 Å². The van der Waals surface area contributed by atoms with Crippen molar-refractivity contribution in [3.8, 4) is 5.69 Å². The maximum absolute atomic E-state index is 12.1. The van der Waals surface area contributed by atoms with E-state index in [0.29, 0.717) is 5.69 Å². The van der Waals surface area contributed by atoms with Crippen LogP contribution in [0.3, 0.4) is 0 Å². The first-order chi connectivity index (χ1) is 9.65. The molecule has 0 saturated heterocycles. The summed E-state index contributed by atoms with van der Waals surface area (Å²) in [5.74, 6) is 0. The van der Waals surface area contributed by atoms with Crippen molar-refractivity contribution in [3.05, 3.63) is 55.1 Å². The number of anilines is 1. The Morgan fingerprint density at radius 1 is 1.25 bits per heavy atom. The van der Waals surface area contributed by atoms with Crippen LogP contribution in [0.25, 0.3) is 5.69 Å². The van der Waals surface area contributed by atoms with Gasteiger partial charge in [0.15, 0.2) is 0 Å². The molecular formula is C12H11N5O2S. The van der Waals surface area contributed by atoms with Gasteiger partial charge in [0.1, 0.15) is 4.90 Å². The SMILES string of the molecule is O=S(=O)(Nc1cccc(-n2cccn2)c1)c1cn[nH]c1. The number of sulfonamides is 1. The third-order valence-electron chi connectivity index (χ3n) is 2.65. The van der Waals surface area contributed by atoms with E-state index in [9.17, 15) is 8.42 Å². The predicted molar refractivity (Wildman–Crippen MR) is 73.0 cm³/mol. The Morgan fingerprint density at radius 2 is 2.15 bits per heavy atom. The lowest BCUT2D eigenvalue weighted by molar-refractivity contribution is 0.601. The number of aromatic nitrogens is 4. The lowest BCUT2D eigenvalue weighted by atomic mass is 10.3. The molecule has 8 heteroatoms. The number of nitrogens with zero attached hydrogens (tertiary/aromatic N) is 3. The van der Waals surface area contributed by atoms with Crippen molar-refractivity contribution in [3.63, 3.8) is 0 Å². The molecule has 0 aliphatic rings. The van der Waals surface area contributed by atoms with Gasteiger partial charge in [-0.1, -0.05) is 6.07 Å². The van der Waals surface area contributed by atoms with Crippen LogP contribution in [0, 0.1) is 0 Å². The van der Waals surface area contributed by atoms with E-state index < -0.39 is 10.0 Å². The van der Waals surface area contributed by atoms with Gasteiger partial charge in [0.2, 0.25) is 0 Å². The molecule has 0 saturated carbocycles. The molecule has 3 rings (SSSR count). The van der Waals surface area contributed by atoms with E-state index in [-0.39, 0.29) is 4.90 Å². The fourth-order valence-electron chi connectivity index (χ4n) is 1.73. The highest BCUT2D eigenvalue weighted by atomic mass is 32.2. The van der Waals surface area contributed by atoms with E-state index in [1.54, 1.807) is 41.3 Å². The average Bonchev–Trinajstić information content (AvgIpc) is 3.12. The van der Waals surface area contributed by atoms with E-state index >= 15 is 0 Å². The zero-order valence-electron chi connectivity index (χ0n) is 10.3. The van der Waals surface area contributed by atoms with Crippen LogP contribution < -0.4 is 4.72 Å². The number of hydrogen-bond donors (Lipinski definition) is 2. The van der Waals surface area contributed by atoms with Crippen LogP contribution in [0.4, 0.5) is 5.69 Å². The lowest BCUT2D eigenvalue weighted by Crippen LogP contribution is -2.12. The second-order valence-corrected chi connectivity index (χ2v) is 5.72. The molecule has 2 N–H and O–H groups in total. The van der Waals surface area contributed by atoms with Crippen molar-refractivity contribution >= 4 is 15.7 Å². The second kappa shape index (κ2) is 4.82. The third-order valence-corrected chi connectivity index (χ3v) is 4.00. The van der Waals surface area contributed by atoms with Crippen LogP contribution in [0.1, 0.15) is 0 Å². The molecule has 2 aromatic heterocycles. The summed E-state index contributed by atoms with van der Waals surface area (Å²) in [5.41, 5.74) is 1.22. The first kappa shape index (κ1) is 12.4. The summed E-state index contributed by atoms with van der Waals surface area (Å²) in [4.78, 5) is 0.0852. The quantitative estimate of drug-likeness (QED) is 0.759. The van der Waals surface area contributed by atoms with Crippen molar-refractivity contribution in [1.82, 2.24) is 20.0 Å². The Hall–Kier alpha value is -2.61. The van der Waals surface area contributed by atoms with Crippen molar-refractivity contribution in [1.29, 1.82) is 0 Å². The van der Waals surface area contributed by atoms with E-state index in [4.69, 9.17) is 0 Å². The van der Waals surface area contributed by atoms with E-state index in [0.717, 1.165) is 5.69 Å². The molecule has 1 aromatic carbocycles.